The topological polar surface area (TPSA) is 49.3 Å². The summed E-state index contributed by atoms with van der Waals surface area (Å²) in [5.41, 5.74) is 1.13. The number of aliphatic hydroxyl groups is 1. The number of amides is 1. The number of hydrogen-bond donors (Lipinski definition) is 2. The number of hydrogen-bond acceptors (Lipinski definition) is 2. The summed E-state index contributed by atoms with van der Waals surface area (Å²) in [7, 11) is 0. The van der Waals surface area contributed by atoms with E-state index < -0.39 is 12.4 Å². The Hall–Kier alpha value is -1.62. The highest BCUT2D eigenvalue weighted by molar-refractivity contribution is 6.35. The molecule has 2 aromatic carbocycles. The highest BCUT2D eigenvalue weighted by atomic mass is 35.5. The van der Waals surface area contributed by atoms with E-state index in [1.165, 1.54) is 24.3 Å². The lowest BCUT2D eigenvalue weighted by Crippen LogP contribution is -2.23. The van der Waals surface area contributed by atoms with Crippen molar-refractivity contribution >= 4 is 29.1 Å². The smallest absolute Gasteiger partial charge is 0.253 e. The van der Waals surface area contributed by atoms with Gasteiger partial charge in [-0.1, -0.05) is 29.3 Å². The molecule has 2 aromatic rings. The average Bonchev–Trinajstić information content (AvgIpc) is 2.48. The average molecular weight is 328 g/mol. The quantitative estimate of drug-likeness (QED) is 0.902. The van der Waals surface area contributed by atoms with Crippen molar-refractivity contribution in [1.82, 2.24) is 5.32 Å². The van der Waals surface area contributed by atoms with Crippen molar-refractivity contribution in [2.24, 2.45) is 0 Å². The van der Waals surface area contributed by atoms with E-state index in [1.54, 1.807) is 12.1 Å². The number of carbonyl (C=O) groups is 1. The maximum Gasteiger partial charge on any atom is 0.253 e. The zero-order valence-corrected chi connectivity index (χ0v) is 12.4. The summed E-state index contributed by atoms with van der Waals surface area (Å²) in [6, 6.07) is 8.89. The van der Waals surface area contributed by atoms with Gasteiger partial charge in [-0.15, -0.1) is 0 Å². The van der Waals surface area contributed by atoms with Crippen molar-refractivity contribution in [2.75, 3.05) is 0 Å². The molecule has 0 aromatic heterocycles. The van der Waals surface area contributed by atoms with Gasteiger partial charge in [-0.25, -0.2) is 4.39 Å². The fourth-order valence-corrected chi connectivity index (χ4v) is 2.18. The number of rotatable bonds is 4. The van der Waals surface area contributed by atoms with Crippen LogP contribution in [0.2, 0.25) is 10.0 Å². The highest BCUT2D eigenvalue weighted by Gasteiger charge is 2.11. The van der Waals surface area contributed by atoms with Gasteiger partial charge in [0.25, 0.3) is 5.91 Å². The summed E-state index contributed by atoms with van der Waals surface area (Å²) in [4.78, 5) is 12.0. The zero-order valence-electron chi connectivity index (χ0n) is 10.9. The molecule has 0 spiro atoms. The maximum absolute atomic E-state index is 13.3. The van der Waals surface area contributed by atoms with Crippen LogP contribution in [0.5, 0.6) is 0 Å². The molecule has 0 aliphatic carbocycles. The molecule has 0 radical (unpaired) electrons. The Morgan fingerprint density at radius 1 is 1.19 bits per heavy atom. The first-order chi connectivity index (χ1) is 10.0. The van der Waals surface area contributed by atoms with Gasteiger partial charge in [-0.05, 0) is 35.9 Å². The Kier molecular flexibility index (Phi) is 5.17. The van der Waals surface area contributed by atoms with E-state index in [0.29, 0.717) is 15.6 Å². The van der Waals surface area contributed by atoms with Gasteiger partial charge in [-0.2, -0.15) is 0 Å². The standard InChI is InChI=1S/C15H12Cl2FNO2/c16-11-2-3-13(17)12(6-11)15(21)19-7-9-1-4-14(18)10(5-9)8-20/h1-6,20H,7-8H2,(H,19,21). The van der Waals surface area contributed by atoms with Gasteiger partial charge in [0.1, 0.15) is 5.82 Å². The minimum Gasteiger partial charge on any atom is -0.392 e. The van der Waals surface area contributed by atoms with E-state index in [0.717, 1.165) is 0 Å². The predicted molar refractivity (Wildman–Crippen MR) is 80.0 cm³/mol. The van der Waals surface area contributed by atoms with Crippen LogP contribution in [0, 0.1) is 5.82 Å². The molecule has 1 amide bonds. The molecule has 21 heavy (non-hydrogen) atoms. The van der Waals surface area contributed by atoms with Crippen molar-refractivity contribution in [1.29, 1.82) is 0 Å². The first-order valence-electron chi connectivity index (χ1n) is 6.12. The largest absolute Gasteiger partial charge is 0.392 e. The van der Waals surface area contributed by atoms with Gasteiger partial charge >= 0.3 is 0 Å². The minimum absolute atomic E-state index is 0.183. The molecule has 0 saturated heterocycles. The molecule has 2 N–H and O–H groups in total. The molecular formula is C15H12Cl2FNO2. The van der Waals surface area contributed by atoms with Crippen LogP contribution in [-0.2, 0) is 13.2 Å². The molecule has 0 fully saturated rings. The first kappa shape index (κ1) is 15.8. The molecule has 0 bridgehead atoms. The Balaban J connectivity index is 2.09. The summed E-state index contributed by atoms with van der Waals surface area (Å²) < 4.78 is 13.3. The van der Waals surface area contributed by atoms with Gasteiger partial charge in [0, 0.05) is 17.1 Å². The molecule has 0 aliphatic rings. The van der Waals surface area contributed by atoms with Gasteiger partial charge in [0.15, 0.2) is 0 Å². The Bertz CT molecular complexity index is 677. The SMILES string of the molecule is O=C(NCc1ccc(F)c(CO)c1)c1cc(Cl)ccc1Cl. The van der Waals surface area contributed by atoms with E-state index in [4.69, 9.17) is 28.3 Å². The van der Waals surface area contributed by atoms with Gasteiger partial charge in [-0.3, -0.25) is 4.79 Å². The second kappa shape index (κ2) is 6.89. The fourth-order valence-electron chi connectivity index (χ4n) is 1.81. The number of halogens is 3. The Morgan fingerprint density at radius 3 is 2.67 bits per heavy atom. The molecule has 0 aliphatic heterocycles. The van der Waals surface area contributed by atoms with Crippen LogP contribution in [0.1, 0.15) is 21.5 Å². The van der Waals surface area contributed by atoms with Crippen LogP contribution in [0.15, 0.2) is 36.4 Å². The molecule has 110 valence electrons. The summed E-state index contributed by atoms with van der Waals surface area (Å²) in [5, 5.41) is 12.4. The normalized spacial score (nSPS) is 10.5. The van der Waals surface area contributed by atoms with Crippen LogP contribution >= 0.6 is 23.2 Å². The zero-order chi connectivity index (χ0) is 15.4. The molecule has 0 heterocycles. The van der Waals surface area contributed by atoms with E-state index in [9.17, 15) is 9.18 Å². The third-order valence-electron chi connectivity index (χ3n) is 2.91. The number of benzene rings is 2. The van der Waals surface area contributed by atoms with Gasteiger partial charge < -0.3 is 10.4 Å². The lowest BCUT2D eigenvalue weighted by Gasteiger charge is -2.08. The molecular weight excluding hydrogens is 316 g/mol. The van der Waals surface area contributed by atoms with Crippen LogP contribution in [0.25, 0.3) is 0 Å². The predicted octanol–water partition coefficient (Wildman–Crippen LogP) is 3.55. The summed E-state index contributed by atoms with van der Waals surface area (Å²) in [5.74, 6) is -0.858. The van der Waals surface area contributed by atoms with Crippen molar-refractivity contribution < 1.29 is 14.3 Å². The van der Waals surface area contributed by atoms with E-state index in [1.807, 2.05) is 0 Å². The summed E-state index contributed by atoms with van der Waals surface area (Å²) >= 11 is 11.8. The lowest BCUT2D eigenvalue weighted by atomic mass is 10.1. The van der Waals surface area contributed by atoms with Crippen molar-refractivity contribution in [3.8, 4) is 0 Å². The molecule has 6 heteroatoms. The Morgan fingerprint density at radius 2 is 1.95 bits per heavy atom. The van der Waals surface area contributed by atoms with E-state index >= 15 is 0 Å². The number of aliphatic hydroxyl groups excluding tert-OH is 1. The maximum atomic E-state index is 13.3. The molecule has 0 atom stereocenters. The first-order valence-corrected chi connectivity index (χ1v) is 6.88. The van der Waals surface area contributed by atoms with Crippen molar-refractivity contribution in [3.63, 3.8) is 0 Å². The Labute approximate surface area is 131 Å². The number of nitrogens with one attached hydrogen (secondary N) is 1. The summed E-state index contributed by atoms with van der Waals surface area (Å²) in [6.45, 7) is -0.206. The molecule has 0 unspecified atom stereocenters. The van der Waals surface area contributed by atoms with Crippen molar-refractivity contribution in [2.45, 2.75) is 13.2 Å². The second-order valence-electron chi connectivity index (χ2n) is 4.39. The van der Waals surface area contributed by atoms with Crippen LogP contribution in [0.3, 0.4) is 0 Å². The second-order valence-corrected chi connectivity index (χ2v) is 5.23. The minimum atomic E-state index is -0.481. The molecule has 3 nitrogen and oxygen atoms in total. The van der Waals surface area contributed by atoms with Crippen LogP contribution in [-0.4, -0.2) is 11.0 Å². The van der Waals surface area contributed by atoms with Crippen LogP contribution in [0.4, 0.5) is 4.39 Å². The molecule has 0 saturated carbocycles. The van der Waals surface area contributed by atoms with Gasteiger partial charge in [0.05, 0.1) is 17.2 Å². The fraction of sp³-hybridized carbons (Fsp3) is 0.133. The van der Waals surface area contributed by atoms with Crippen molar-refractivity contribution in [3.05, 3.63) is 69.0 Å². The monoisotopic (exact) mass is 327 g/mol. The summed E-state index contributed by atoms with van der Waals surface area (Å²) in [6.07, 6.45) is 0. The third-order valence-corrected chi connectivity index (χ3v) is 3.47. The van der Waals surface area contributed by atoms with Crippen LogP contribution < -0.4 is 5.32 Å². The van der Waals surface area contributed by atoms with E-state index in [-0.39, 0.29) is 23.6 Å². The van der Waals surface area contributed by atoms with E-state index in [2.05, 4.69) is 5.32 Å². The molecule has 2 rings (SSSR count). The number of carbonyl (C=O) groups excluding carboxylic acids is 1. The van der Waals surface area contributed by atoms with Gasteiger partial charge in [0.2, 0.25) is 0 Å². The highest BCUT2D eigenvalue weighted by Crippen LogP contribution is 2.20. The third kappa shape index (κ3) is 3.94. The lowest BCUT2D eigenvalue weighted by molar-refractivity contribution is 0.0951.